The van der Waals surface area contributed by atoms with Gasteiger partial charge in [0.1, 0.15) is 11.3 Å². The molecule has 0 spiro atoms. The Bertz CT molecular complexity index is 601. The van der Waals surface area contributed by atoms with Gasteiger partial charge in [0.05, 0.1) is 19.4 Å². The Morgan fingerprint density at radius 3 is 2.59 bits per heavy atom. The van der Waals surface area contributed by atoms with Crippen LogP contribution in [0.3, 0.4) is 0 Å². The summed E-state index contributed by atoms with van der Waals surface area (Å²) in [7, 11) is 1.32. The molecule has 1 aromatic rings. The normalized spacial score (nSPS) is 17.2. The fourth-order valence-electron chi connectivity index (χ4n) is 2.33. The van der Waals surface area contributed by atoms with E-state index in [1.165, 1.54) is 7.11 Å². The molecule has 120 valence electrons. The van der Waals surface area contributed by atoms with Gasteiger partial charge in [0.2, 0.25) is 5.91 Å². The van der Waals surface area contributed by atoms with Crippen LogP contribution in [0.4, 0.5) is 5.69 Å². The highest BCUT2D eigenvalue weighted by atomic mass is 16.5. The summed E-state index contributed by atoms with van der Waals surface area (Å²) in [6.07, 6.45) is 0.840. The Balaban J connectivity index is 2.46. The third-order valence-corrected chi connectivity index (χ3v) is 3.64. The lowest BCUT2D eigenvalue weighted by Crippen LogP contribution is -2.29. The molecule has 0 bridgehead atoms. The summed E-state index contributed by atoms with van der Waals surface area (Å²) >= 11 is 0. The number of hydrogen-bond acceptors (Lipinski definition) is 4. The Kier molecular flexibility index (Phi) is 4.44. The lowest BCUT2D eigenvalue weighted by Gasteiger charge is -2.26. The van der Waals surface area contributed by atoms with Crippen LogP contribution in [0.2, 0.25) is 0 Å². The minimum absolute atomic E-state index is 0.165. The van der Waals surface area contributed by atoms with Gasteiger partial charge < -0.3 is 14.8 Å². The van der Waals surface area contributed by atoms with E-state index in [0.29, 0.717) is 29.5 Å². The summed E-state index contributed by atoms with van der Waals surface area (Å²) < 4.78 is 10.6. The van der Waals surface area contributed by atoms with Crippen LogP contribution >= 0.6 is 0 Å². The number of nitrogens with one attached hydrogen (secondary N) is 1. The van der Waals surface area contributed by atoms with Crippen LogP contribution in [0, 0.1) is 11.3 Å². The Morgan fingerprint density at radius 2 is 2.00 bits per heavy atom. The van der Waals surface area contributed by atoms with Crippen molar-refractivity contribution in [1.29, 1.82) is 0 Å². The second kappa shape index (κ2) is 5.99. The van der Waals surface area contributed by atoms with Gasteiger partial charge in [-0.2, -0.15) is 0 Å². The summed E-state index contributed by atoms with van der Waals surface area (Å²) in [5.74, 6) is 0.252. The highest BCUT2D eigenvalue weighted by Crippen LogP contribution is 2.36. The van der Waals surface area contributed by atoms with E-state index in [1.807, 2.05) is 26.8 Å². The average Bonchev–Trinajstić information content (AvgIpc) is 2.45. The Hall–Kier alpha value is -2.04. The number of amides is 1. The Morgan fingerprint density at radius 1 is 1.32 bits per heavy atom. The molecule has 1 N–H and O–H groups in total. The van der Waals surface area contributed by atoms with Gasteiger partial charge in [-0.3, -0.25) is 4.79 Å². The van der Waals surface area contributed by atoms with E-state index < -0.39 is 11.4 Å². The van der Waals surface area contributed by atoms with E-state index in [-0.39, 0.29) is 5.91 Å². The molecular formula is C17H23NO4. The van der Waals surface area contributed by atoms with Gasteiger partial charge in [-0.15, -0.1) is 0 Å². The van der Waals surface area contributed by atoms with Crippen molar-refractivity contribution in [2.75, 3.05) is 19.0 Å². The van der Waals surface area contributed by atoms with Crippen LogP contribution in [0.25, 0.3) is 0 Å². The van der Waals surface area contributed by atoms with E-state index in [1.54, 1.807) is 6.07 Å². The zero-order valence-electron chi connectivity index (χ0n) is 13.8. The summed E-state index contributed by atoms with van der Waals surface area (Å²) in [6.45, 7) is 8.09. The van der Waals surface area contributed by atoms with Crippen molar-refractivity contribution in [3.05, 3.63) is 23.3 Å². The summed E-state index contributed by atoms with van der Waals surface area (Å²) in [5, 5.41) is 2.81. The van der Waals surface area contributed by atoms with Crippen molar-refractivity contribution in [2.45, 2.75) is 34.1 Å². The number of ether oxygens (including phenoxy) is 2. The standard InChI is InChI=1S/C17H23NO4/c1-10-8-11-6-7-12(18-16(20)17(2,3)4)13(15(19)21-5)14(11)22-9-10/h6-7,10H,8-9H2,1-5H3,(H,18,20). The fraction of sp³-hybridized carbons (Fsp3) is 0.529. The molecule has 1 aromatic carbocycles. The van der Waals surface area contributed by atoms with E-state index in [4.69, 9.17) is 9.47 Å². The second-order valence-corrected chi connectivity index (χ2v) is 6.79. The average molecular weight is 305 g/mol. The molecule has 1 unspecified atom stereocenters. The molecule has 5 heteroatoms. The van der Waals surface area contributed by atoms with Crippen molar-refractivity contribution >= 4 is 17.6 Å². The van der Waals surface area contributed by atoms with Gasteiger partial charge >= 0.3 is 5.97 Å². The SMILES string of the molecule is COC(=O)c1c(NC(=O)C(C)(C)C)ccc2c1OCC(C)C2. The first kappa shape index (κ1) is 16.3. The van der Waals surface area contributed by atoms with Gasteiger partial charge in [0.15, 0.2) is 0 Å². The van der Waals surface area contributed by atoms with Crippen molar-refractivity contribution in [3.8, 4) is 5.75 Å². The smallest absolute Gasteiger partial charge is 0.343 e. The molecule has 0 fully saturated rings. The van der Waals surface area contributed by atoms with Gasteiger partial charge in [0.25, 0.3) is 0 Å². The molecule has 0 aromatic heterocycles. The minimum Gasteiger partial charge on any atom is -0.492 e. The van der Waals surface area contributed by atoms with Gasteiger partial charge in [-0.25, -0.2) is 4.79 Å². The molecule has 0 saturated heterocycles. The van der Waals surface area contributed by atoms with Crippen LogP contribution < -0.4 is 10.1 Å². The monoisotopic (exact) mass is 305 g/mol. The molecule has 0 aliphatic carbocycles. The molecule has 2 rings (SSSR count). The molecule has 0 saturated carbocycles. The van der Waals surface area contributed by atoms with Crippen molar-refractivity contribution in [1.82, 2.24) is 0 Å². The zero-order chi connectivity index (χ0) is 16.5. The van der Waals surface area contributed by atoms with Gasteiger partial charge in [-0.1, -0.05) is 33.8 Å². The predicted molar refractivity (Wildman–Crippen MR) is 84.2 cm³/mol. The fourth-order valence-corrected chi connectivity index (χ4v) is 2.33. The topological polar surface area (TPSA) is 64.6 Å². The number of hydrogen-bond donors (Lipinski definition) is 1. The molecule has 1 aliphatic heterocycles. The number of anilines is 1. The first-order valence-corrected chi connectivity index (χ1v) is 7.42. The first-order chi connectivity index (χ1) is 10.2. The zero-order valence-corrected chi connectivity index (χ0v) is 13.8. The van der Waals surface area contributed by atoms with E-state index >= 15 is 0 Å². The lowest BCUT2D eigenvalue weighted by atomic mass is 9.93. The van der Waals surface area contributed by atoms with E-state index in [0.717, 1.165) is 12.0 Å². The third-order valence-electron chi connectivity index (χ3n) is 3.64. The lowest BCUT2D eigenvalue weighted by molar-refractivity contribution is -0.123. The van der Waals surface area contributed by atoms with Crippen molar-refractivity contribution < 1.29 is 19.1 Å². The van der Waals surface area contributed by atoms with Crippen LogP contribution in [0.5, 0.6) is 5.75 Å². The first-order valence-electron chi connectivity index (χ1n) is 7.42. The molecule has 1 amide bonds. The van der Waals surface area contributed by atoms with Crippen molar-refractivity contribution in [2.24, 2.45) is 11.3 Å². The molecule has 5 nitrogen and oxygen atoms in total. The maximum atomic E-state index is 12.2. The van der Waals surface area contributed by atoms with E-state index in [9.17, 15) is 9.59 Å². The van der Waals surface area contributed by atoms with Crippen LogP contribution in [-0.4, -0.2) is 25.6 Å². The second-order valence-electron chi connectivity index (χ2n) is 6.79. The number of benzene rings is 1. The largest absolute Gasteiger partial charge is 0.492 e. The molecule has 22 heavy (non-hydrogen) atoms. The minimum atomic E-state index is -0.557. The summed E-state index contributed by atoms with van der Waals surface area (Å²) in [4.78, 5) is 24.4. The molecular weight excluding hydrogens is 282 g/mol. The Labute approximate surface area is 131 Å². The van der Waals surface area contributed by atoms with Crippen LogP contribution in [0.15, 0.2) is 12.1 Å². The molecule has 1 heterocycles. The molecule has 0 radical (unpaired) electrons. The van der Waals surface area contributed by atoms with Gasteiger partial charge in [0, 0.05) is 5.41 Å². The number of rotatable bonds is 2. The summed E-state index contributed by atoms with van der Waals surface area (Å²) in [5.41, 5.74) is 1.14. The molecule has 1 aliphatic rings. The van der Waals surface area contributed by atoms with Crippen LogP contribution in [0.1, 0.15) is 43.6 Å². The number of carbonyl (C=O) groups is 2. The summed E-state index contributed by atoms with van der Waals surface area (Å²) in [6, 6.07) is 3.64. The highest BCUT2D eigenvalue weighted by Gasteiger charge is 2.29. The van der Waals surface area contributed by atoms with Crippen LogP contribution in [-0.2, 0) is 16.0 Å². The number of fused-ring (bicyclic) bond motifs is 1. The molecule has 1 atom stereocenters. The predicted octanol–water partition coefficient (Wildman–Crippen LogP) is 3.03. The number of carbonyl (C=O) groups excluding carboxylic acids is 2. The highest BCUT2D eigenvalue weighted by molar-refractivity contribution is 6.04. The maximum Gasteiger partial charge on any atom is 0.343 e. The van der Waals surface area contributed by atoms with Crippen molar-refractivity contribution in [3.63, 3.8) is 0 Å². The number of methoxy groups -OCH3 is 1. The number of esters is 1. The third kappa shape index (κ3) is 3.24. The maximum absolute atomic E-state index is 12.2. The van der Waals surface area contributed by atoms with Gasteiger partial charge in [-0.05, 0) is 24.0 Å². The quantitative estimate of drug-likeness (QED) is 0.853. The van der Waals surface area contributed by atoms with E-state index in [2.05, 4.69) is 12.2 Å².